The van der Waals surface area contributed by atoms with Gasteiger partial charge in [-0.2, -0.15) is 0 Å². The van der Waals surface area contributed by atoms with Crippen molar-refractivity contribution in [3.8, 4) is 0 Å². The molecule has 0 aliphatic carbocycles. The maximum absolute atomic E-state index is 13.6. The third-order valence-corrected chi connectivity index (χ3v) is 3.07. The molecule has 16 heavy (non-hydrogen) atoms. The molecule has 0 aromatic heterocycles. The van der Waals surface area contributed by atoms with Crippen molar-refractivity contribution in [3.63, 3.8) is 0 Å². The first-order valence-corrected chi connectivity index (χ1v) is 5.27. The zero-order valence-corrected chi connectivity index (χ0v) is 9.06. The quantitative estimate of drug-likeness (QED) is 0.834. The molecule has 4 heteroatoms. The van der Waals surface area contributed by atoms with Gasteiger partial charge in [0.15, 0.2) is 0 Å². The highest BCUT2D eigenvalue weighted by molar-refractivity contribution is 5.87. The molecule has 1 heterocycles. The number of carbonyl (C=O) groups is 1. The van der Waals surface area contributed by atoms with Crippen LogP contribution in [0.2, 0.25) is 0 Å². The Kier molecular flexibility index (Phi) is 2.92. The number of benzene rings is 1. The van der Waals surface area contributed by atoms with Gasteiger partial charge < -0.3 is 5.11 Å². The van der Waals surface area contributed by atoms with Crippen molar-refractivity contribution in [3.05, 3.63) is 35.4 Å². The molecule has 1 fully saturated rings. The second-order valence-corrected chi connectivity index (χ2v) is 4.16. The minimum Gasteiger partial charge on any atom is -0.478 e. The molecule has 1 N–H and O–H groups in total. The third kappa shape index (κ3) is 1.93. The van der Waals surface area contributed by atoms with Gasteiger partial charge in [-0.3, -0.25) is 4.90 Å². The number of nitrogens with zero attached hydrogens (tertiary/aromatic N) is 1. The summed E-state index contributed by atoms with van der Waals surface area (Å²) in [5.74, 6) is -0.955. The number of likely N-dealkylation sites (tertiary alicyclic amines) is 1. The topological polar surface area (TPSA) is 40.5 Å². The Morgan fingerprint density at radius 2 is 2.06 bits per heavy atom. The van der Waals surface area contributed by atoms with E-state index in [1.807, 2.05) is 11.9 Å². The highest BCUT2D eigenvalue weighted by Gasteiger charge is 2.32. The van der Waals surface area contributed by atoms with E-state index in [-0.39, 0.29) is 11.6 Å². The van der Waals surface area contributed by atoms with Crippen molar-refractivity contribution < 1.29 is 14.3 Å². The van der Waals surface area contributed by atoms with Crippen LogP contribution in [0.1, 0.15) is 28.4 Å². The van der Waals surface area contributed by atoms with Crippen LogP contribution in [-0.2, 0) is 0 Å². The second kappa shape index (κ2) is 4.22. The summed E-state index contributed by atoms with van der Waals surface area (Å²) < 4.78 is 13.6. The highest BCUT2D eigenvalue weighted by Crippen LogP contribution is 2.32. The Morgan fingerprint density at radius 1 is 1.44 bits per heavy atom. The average Bonchev–Trinajstić information content (AvgIpc) is 2.59. The van der Waals surface area contributed by atoms with Crippen LogP contribution in [0.25, 0.3) is 0 Å². The first-order valence-electron chi connectivity index (χ1n) is 5.27. The standard InChI is InChI=1S/C12H14FNO2/c1-14-7-6-10(13)11(14)8-2-4-9(5-3-8)12(15)16/h2-5,10-11H,6-7H2,1H3,(H,15,16). The van der Waals surface area contributed by atoms with Gasteiger partial charge in [0, 0.05) is 6.54 Å². The van der Waals surface area contributed by atoms with E-state index in [9.17, 15) is 9.18 Å². The molecule has 3 nitrogen and oxygen atoms in total. The van der Waals surface area contributed by atoms with Gasteiger partial charge >= 0.3 is 5.97 Å². The van der Waals surface area contributed by atoms with Crippen LogP contribution in [0, 0.1) is 0 Å². The molecule has 0 spiro atoms. The smallest absolute Gasteiger partial charge is 0.335 e. The first-order chi connectivity index (χ1) is 7.59. The van der Waals surface area contributed by atoms with Gasteiger partial charge in [-0.25, -0.2) is 9.18 Å². The van der Waals surface area contributed by atoms with Gasteiger partial charge in [-0.1, -0.05) is 12.1 Å². The highest BCUT2D eigenvalue weighted by atomic mass is 19.1. The van der Waals surface area contributed by atoms with Crippen LogP contribution in [0.15, 0.2) is 24.3 Å². The maximum Gasteiger partial charge on any atom is 0.335 e. The number of alkyl halides is 1. The number of carboxylic acid groups (broad SMARTS) is 1. The molecule has 1 aliphatic heterocycles. The predicted octanol–water partition coefficient (Wildman–Crippen LogP) is 2.10. The summed E-state index contributed by atoms with van der Waals surface area (Å²) in [5, 5.41) is 8.76. The zero-order chi connectivity index (χ0) is 11.7. The molecule has 1 aliphatic rings. The van der Waals surface area contributed by atoms with Crippen LogP contribution >= 0.6 is 0 Å². The van der Waals surface area contributed by atoms with Gasteiger partial charge in [-0.15, -0.1) is 0 Å². The van der Waals surface area contributed by atoms with Gasteiger partial charge in [0.25, 0.3) is 0 Å². The van der Waals surface area contributed by atoms with E-state index in [4.69, 9.17) is 5.11 Å². The summed E-state index contributed by atoms with van der Waals surface area (Å²) in [5.41, 5.74) is 1.08. The number of hydrogen-bond acceptors (Lipinski definition) is 2. The van der Waals surface area contributed by atoms with Gasteiger partial charge in [0.1, 0.15) is 6.17 Å². The fourth-order valence-corrected chi connectivity index (χ4v) is 2.19. The second-order valence-electron chi connectivity index (χ2n) is 4.16. The molecule has 1 aromatic carbocycles. The molecule has 86 valence electrons. The van der Waals surface area contributed by atoms with E-state index in [0.29, 0.717) is 6.42 Å². The number of aromatic carboxylic acids is 1. The lowest BCUT2D eigenvalue weighted by atomic mass is 10.0. The zero-order valence-electron chi connectivity index (χ0n) is 9.06. The summed E-state index contributed by atoms with van der Waals surface area (Å²) >= 11 is 0. The van der Waals surface area contributed by atoms with Crippen molar-refractivity contribution in [2.45, 2.75) is 18.6 Å². The summed E-state index contributed by atoms with van der Waals surface area (Å²) in [7, 11) is 1.88. The van der Waals surface area contributed by atoms with Crippen molar-refractivity contribution in [1.29, 1.82) is 0 Å². The fraction of sp³-hybridized carbons (Fsp3) is 0.417. The largest absolute Gasteiger partial charge is 0.478 e. The summed E-state index contributed by atoms with van der Waals surface area (Å²) in [4.78, 5) is 12.6. The number of carboxylic acids is 1. The Morgan fingerprint density at radius 3 is 2.50 bits per heavy atom. The van der Waals surface area contributed by atoms with Crippen LogP contribution in [0.3, 0.4) is 0 Å². The summed E-state index contributed by atoms with van der Waals surface area (Å²) in [6, 6.07) is 6.21. The predicted molar refractivity (Wildman–Crippen MR) is 58.3 cm³/mol. The molecule has 0 saturated carbocycles. The average molecular weight is 223 g/mol. The molecule has 0 radical (unpaired) electrons. The van der Waals surface area contributed by atoms with Gasteiger partial charge in [-0.05, 0) is 31.2 Å². The molecule has 0 bridgehead atoms. The maximum atomic E-state index is 13.6. The third-order valence-electron chi connectivity index (χ3n) is 3.07. The molecular formula is C12H14FNO2. The van der Waals surface area contributed by atoms with Crippen molar-refractivity contribution >= 4 is 5.97 Å². The minimum absolute atomic E-state index is 0.233. The van der Waals surface area contributed by atoms with E-state index >= 15 is 0 Å². The van der Waals surface area contributed by atoms with Gasteiger partial charge in [0.2, 0.25) is 0 Å². The molecule has 2 rings (SSSR count). The molecule has 2 atom stereocenters. The minimum atomic E-state index is -0.955. The van der Waals surface area contributed by atoms with Gasteiger partial charge in [0.05, 0.1) is 11.6 Å². The van der Waals surface area contributed by atoms with Crippen LogP contribution < -0.4 is 0 Å². The SMILES string of the molecule is CN1CCC(F)C1c1ccc(C(=O)O)cc1. The normalized spacial score (nSPS) is 25.9. The van der Waals surface area contributed by atoms with E-state index in [2.05, 4.69) is 0 Å². The Balaban J connectivity index is 2.24. The summed E-state index contributed by atoms with van der Waals surface area (Å²) in [6.45, 7) is 0.743. The lowest BCUT2D eigenvalue weighted by Crippen LogP contribution is -2.21. The van der Waals surface area contributed by atoms with Crippen LogP contribution in [0.5, 0.6) is 0 Å². The van der Waals surface area contributed by atoms with E-state index in [0.717, 1.165) is 12.1 Å². The Labute approximate surface area is 93.5 Å². The van der Waals surface area contributed by atoms with E-state index in [1.165, 1.54) is 12.1 Å². The number of halogens is 1. The van der Waals surface area contributed by atoms with E-state index in [1.54, 1.807) is 12.1 Å². The molecule has 2 unspecified atom stereocenters. The molecular weight excluding hydrogens is 209 g/mol. The number of hydrogen-bond donors (Lipinski definition) is 1. The van der Waals surface area contributed by atoms with Crippen molar-refractivity contribution in [2.24, 2.45) is 0 Å². The summed E-state index contributed by atoms with van der Waals surface area (Å²) in [6.07, 6.45) is -0.317. The fourth-order valence-electron chi connectivity index (χ4n) is 2.19. The number of rotatable bonds is 2. The van der Waals surface area contributed by atoms with Crippen molar-refractivity contribution in [2.75, 3.05) is 13.6 Å². The Hall–Kier alpha value is -1.42. The lowest BCUT2D eigenvalue weighted by Gasteiger charge is -2.21. The molecule has 1 aromatic rings. The van der Waals surface area contributed by atoms with Crippen LogP contribution in [-0.4, -0.2) is 35.7 Å². The monoisotopic (exact) mass is 223 g/mol. The Bertz CT molecular complexity index is 381. The lowest BCUT2D eigenvalue weighted by molar-refractivity contribution is 0.0697. The molecule has 1 saturated heterocycles. The van der Waals surface area contributed by atoms with Crippen molar-refractivity contribution in [1.82, 2.24) is 4.90 Å². The first kappa shape index (κ1) is 11.1. The molecule has 0 amide bonds. The van der Waals surface area contributed by atoms with E-state index < -0.39 is 12.1 Å². The van der Waals surface area contributed by atoms with Crippen LogP contribution in [0.4, 0.5) is 4.39 Å².